The number of hydrogen-bond acceptors (Lipinski definition) is 2. The van der Waals surface area contributed by atoms with Crippen molar-refractivity contribution in [1.82, 2.24) is 15.1 Å². The first-order valence-electron chi connectivity index (χ1n) is 7.08. The largest absolute Gasteiger partial charge is 0.336 e. The fourth-order valence-electron chi connectivity index (χ4n) is 2.96. The maximum atomic E-state index is 11.9. The lowest BCUT2D eigenvalue weighted by atomic mass is 10.1. The van der Waals surface area contributed by atoms with E-state index in [0.717, 1.165) is 39.0 Å². The molecule has 2 aliphatic rings. The Bertz CT molecular complexity index is 251. The molecule has 4 heteroatoms. The average molecular weight is 239 g/mol. The number of carbonyl (C=O) groups excluding carboxylic acids is 1. The number of nitrogens with zero attached hydrogens (tertiary/aromatic N) is 2. The molecule has 0 spiro atoms. The summed E-state index contributed by atoms with van der Waals surface area (Å²) in [5.74, 6) is 0. The normalized spacial score (nSPS) is 26.2. The Kier molecular flexibility index (Phi) is 4.66. The molecule has 1 atom stereocenters. The molecule has 2 rings (SSSR count). The Morgan fingerprint density at radius 1 is 1.18 bits per heavy atom. The summed E-state index contributed by atoms with van der Waals surface area (Å²) >= 11 is 0. The van der Waals surface area contributed by atoms with Crippen molar-refractivity contribution in [3.63, 3.8) is 0 Å². The first-order chi connectivity index (χ1) is 8.31. The lowest BCUT2D eigenvalue weighted by molar-refractivity contribution is 0.181. The second-order valence-corrected chi connectivity index (χ2v) is 5.16. The first kappa shape index (κ1) is 12.7. The minimum atomic E-state index is 0.146. The van der Waals surface area contributed by atoms with Gasteiger partial charge in [0.25, 0.3) is 0 Å². The van der Waals surface area contributed by atoms with Crippen molar-refractivity contribution in [2.45, 2.75) is 45.1 Å². The van der Waals surface area contributed by atoms with Gasteiger partial charge >= 0.3 is 6.03 Å². The maximum absolute atomic E-state index is 11.9. The van der Waals surface area contributed by atoms with Crippen molar-refractivity contribution < 1.29 is 4.79 Å². The van der Waals surface area contributed by atoms with Crippen molar-refractivity contribution in [3.8, 4) is 0 Å². The van der Waals surface area contributed by atoms with E-state index in [9.17, 15) is 4.79 Å². The molecular weight excluding hydrogens is 214 g/mol. The SMILES string of the molecule is CCN1CCC[C@H]1CNC(=O)N1CCCCC1. The molecule has 0 radical (unpaired) electrons. The minimum Gasteiger partial charge on any atom is -0.336 e. The van der Waals surface area contributed by atoms with Gasteiger partial charge < -0.3 is 10.2 Å². The molecule has 0 aliphatic carbocycles. The summed E-state index contributed by atoms with van der Waals surface area (Å²) in [6.45, 7) is 7.20. The van der Waals surface area contributed by atoms with Gasteiger partial charge in [0, 0.05) is 25.7 Å². The van der Waals surface area contributed by atoms with Gasteiger partial charge in [-0.25, -0.2) is 4.79 Å². The van der Waals surface area contributed by atoms with Crippen molar-refractivity contribution in [1.29, 1.82) is 0 Å². The summed E-state index contributed by atoms with van der Waals surface area (Å²) < 4.78 is 0. The predicted molar refractivity (Wildman–Crippen MR) is 69.1 cm³/mol. The van der Waals surface area contributed by atoms with Gasteiger partial charge in [-0.05, 0) is 45.2 Å². The molecule has 2 saturated heterocycles. The number of likely N-dealkylation sites (N-methyl/N-ethyl adjacent to an activating group) is 1. The third-order valence-corrected chi connectivity index (χ3v) is 4.04. The number of nitrogens with one attached hydrogen (secondary N) is 1. The Labute approximate surface area is 104 Å². The monoisotopic (exact) mass is 239 g/mol. The molecule has 0 aromatic heterocycles. The van der Waals surface area contributed by atoms with Crippen molar-refractivity contribution in [2.24, 2.45) is 0 Å². The number of hydrogen-bond donors (Lipinski definition) is 1. The molecular formula is C13H25N3O. The molecule has 2 aliphatic heterocycles. The second kappa shape index (κ2) is 6.24. The molecule has 17 heavy (non-hydrogen) atoms. The molecule has 1 N–H and O–H groups in total. The van der Waals surface area contributed by atoms with Crippen LogP contribution in [0.2, 0.25) is 0 Å². The smallest absolute Gasteiger partial charge is 0.317 e. The summed E-state index contributed by atoms with van der Waals surface area (Å²) in [5.41, 5.74) is 0. The summed E-state index contributed by atoms with van der Waals surface area (Å²) in [7, 11) is 0. The molecule has 4 nitrogen and oxygen atoms in total. The zero-order valence-corrected chi connectivity index (χ0v) is 11.0. The zero-order chi connectivity index (χ0) is 12.1. The highest BCUT2D eigenvalue weighted by Crippen LogP contribution is 2.16. The Balaban J connectivity index is 1.71. The molecule has 98 valence electrons. The number of amides is 2. The number of rotatable bonds is 3. The van der Waals surface area contributed by atoms with Crippen LogP contribution < -0.4 is 5.32 Å². The lowest BCUT2D eigenvalue weighted by Gasteiger charge is -2.29. The van der Waals surface area contributed by atoms with E-state index in [1.54, 1.807) is 0 Å². The molecule has 0 aromatic carbocycles. The quantitative estimate of drug-likeness (QED) is 0.813. The second-order valence-electron chi connectivity index (χ2n) is 5.16. The highest BCUT2D eigenvalue weighted by Gasteiger charge is 2.24. The van der Waals surface area contributed by atoms with Gasteiger partial charge in [0.1, 0.15) is 0 Å². The fourth-order valence-corrected chi connectivity index (χ4v) is 2.96. The number of carbonyl (C=O) groups is 1. The minimum absolute atomic E-state index is 0.146. The Morgan fingerprint density at radius 2 is 1.94 bits per heavy atom. The Morgan fingerprint density at radius 3 is 2.65 bits per heavy atom. The van der Waals surface area contributed by atoms with E-state index >= 15 is 0 Å². The zero-order valence-electron chi connectivity index (χ0n) is 11.0. The van der Waals surface area contributed by atoms with Crippen LogP contribution in [0.5, 0.6) is 0 Å². The Hall–Kier alpha value is -0.770. The van der Waals surface area contributed by atoms with Crippen LogP contribution in [0.4, 0.5) is 4.79 Å². The van der Waals surface area contributed by atoms with E-state index in [1.165, 1.54) is 25.8 Å². The van der Waals surface area contributed by atoms with Crippen LogP contribution in [0.25, 0.3) is 0 Å². The van der Waals surface area contributed by atoms with Crippen LogP contribution in [0.15, 0.2) is 0 Å². The summed E-state index contributed by atoms with van der Waals surface area (Å²) in [4.78, 5) is 16.4. The van der Waals surface area contributed by atoms with Gasteiger partial charge in [-0.15, -0.1) is 0 Å². The van der Waals surface area contributed by atoms with Gasteiger partial charge in [0.15, 0.2) is 0 Å². The number of urea groups is 1. The van der Waals surface area contributed by atoms with E-state index in [0.29, 0.717) is 6.04 Å². The molecule has 2 heterocycles. The van der Waals surface area contributed by atoms with Gasteiger partial charge in [0.05, 0.1) is 0 Å². The third kappa shape index (κ3) is 3.35. The van der Waals surface area contributed by atoms with Crippen molar-refractivity contribution in [2.75, 3.05) is 32.7 Å². The first-order valence-corrected chi connectivity index (χ1v) is 7.08. The highest BCUT2D eigenvalue weighted by molar-refractivity contribution is 5.74. The van der Waals surface area contributed by atoms with E-state index in [-0.39, 0.29) is 6.03 Å². The highest BCUT2D eigenvalue weighted by atomic mass is 16.2. The molecule has 0 aromatic rings. The average Bonchev–Trinajstić information content (AvgIpc) is 2.84. The maximum Gasteiger partial charge on any atom is 0.317 e. The van der Waals surface area contributed by atoms with E-state index < -0.39 is 0 Å². The van der Waals surface area contributed by atoms with Crippen molar-refractivity contribution in [3.05, 3.63) is 0 Å². The molecule has 2 amide bonds. The summed E-state index contributed by atoms with van der Waals surface area (Å²) in [6.07, 6.45) is 6.11. The molecule has 0 saturated carbocycles. The van der Waals surface area contributed by atoms with Gasteiger partial charge in [-0.2, -0.15) is 0 Å². The predicted octanol–water partition coefficient (Wildman–Crippen LogP) is 1.67. The third-order valence-electron chi connectivity index (χ3n) is 4.04. The molecule has 0 unspecified atom stereocenters. The van der Waals surface area contributed by atoms with Crippen molar-refractivity contribution >= 4 is 6.03 Å². The van der Waals surface area contributed by atoms with Crippen LogP contribution >= 0.6 is 0 Å². The van der Waals surface area contributed by atoms with Crippen LogP contribution in [0.3, 0.4) is 0 Å². The van der Waals surface area contributed by atoms with Crippen LogP contribution in [0.1, 0.15) is 39.0 Å². The van der Waals surface area contributed by atoms with E-state index in [1.807, 2.05) is 4.90 Å². The standard InChI is InChI=1S/C13H25N3O/c1-2-15-10-6-7-12(15)11-14-13(17)16-8-4-3-5-9-16/h12H,2-11H2,1H3,(H,14,17)/t12-/m0/s1. The van der Waals surface area contributed by atoms with Crippen LogP contribution in [0, 0.1) is 0 Å². The number of likely N-dealkylation sites (tertiary alicyclic amines) is 2. The van der Waals surface area contributed by atoms with Crippen LogP contribution in [-0.4, -0.2) is 54.6 Å². The molecule has 2 fully saturated rings. The van der Waals surface area contributed by atoms with Gasteiger partial charge in [0.2, 0.25) is 0 Å². The summed E-state index contributed by atoms with van der Waals surface area (Å²) in [5, 5.41) is 3.10. The number of piperidine rings is 1. The summed E-state index contributed by atoms with van der Waals surface area (Å²) in [6, 6.07) is 0.710. The topological polar surface area (TPSA) is 35.6 Å². The van der Waals surface area contributed by atoms with Crippen LogP contribution in [-0.2, 0) is 0 Å². The van der Waals surface area contributed by atoms with Gasteiger partial charge in [-0.1, -0.05) is 6.92 Å². The van der Waals surface area contributed by atoms with Gasteiger partial charge in [-0.3, -0.25) is 4.90 Å². The van der Waals surface area contributed by atoms with E-state index in [2.05, 4.69) is 17.1 Å². The molecule has 0 bridgehead atoms. The lowest BCUT2D eigenvalue weighted by Crippen LogP contribution is -2.47. The van der Waals surface area contributed by atoms with E-state index in [4.69, 9.17) is 0 Å². The fraction of sp³-hybridized carbons (Fsp3) is 0.923.